The summed E-state index contributed by atoms with van der Waals surface area (Å²) in [4.78, 5) is 47.1. The van der Waals surface area contributed by atoms with Gasteiger partial charge in [-0.1, -0.05) is 5.16 Å². The lowest BCUT2D eigenvalue weighted by molar-refractivity contribution is -0.150. The van der Waals surface area contributed by atoms with Crippen molar-refractivity contribution in [3.63, 3.8) is 0 Å². The Morgan fingerprint density at radius 3 is 2.79 bits per heavy atom. The molecule has 2 amide bonds. The van der Waals surface area contributed by atoms with Gasteiger partial charge in [0.05, 0.1) is 0 Å². The molecule has 28 heavy (non-hydrogen) atoms. The Morgan fingerprint density at radius 2 is 2.21 bits per heavy atom. The van der Waals surface area contributed by atoms with Gasteiger partial charge in [-0.3, -0.25) is 14.5 Å². The predicted octanol–water partition coefficient (Wildman–Crippen LogP) is 0.224. The summed E-state index contributed by atoms with van der Waals surface area (Å²) in [7, 11) is 1.29. The number of hydrogen-bond acceptors (Lipinski definition) is 9. The van der Waals surface area contributed by atoms with Gasteiger partial charge in [-0.2, -0.15) is 0 Å². The number of nitrogen functional groups attached to an aromatic ring is 1. The van der Waals surface area contributed by atoms with E-state index in [2.05, 4.69) is 15.5 Å². The van der Waals surface area contributed by atoms with E-state index in [1.54, 1.807) is 5.38 Å². The Labute approximate surface area is 167 Å². The number of nitrogens with one attached hydrogen (secondary N) is 1. The van der Waals surface area contributed by atoms with Crippen molar-refractivity contribution in [2.24, 2.45) is 11.1 Å². The van der Waals surface area contributed by atoms with Crippen molar-refractivity contribution in [1.82, 2.24) is 15.2 Å². The zero-order valence-electron chi connectivity index (χ0n) is 14.7. The van der Waals surface area contributed by atoms with Gasteiger partial charge in [0.2, 0.25) is 0 Å². The van der Waals surface area contributed by atoms with Crippen molar-refractivity contribution in [2.75, 3.05) is 18.6 Å². The van der Waals surface area contributed by atoms with Gasteiger partial charge in [-0.25, -0.2) is 9.78 Å². The Morgan fingerprint density at radius 1 is 1.46 bits per heavy atom. The van der Waals surface area contributed by atoms with Gasteiger partial charge in [0.15, 0.2) is 10.8 Å². The van der Waals surface area contributed by atoms with Crippen LogP contribution in [0.2, 0.25) is 0 Å². The van der Waals surface area contributed by atoms with E-state index in [-0.39, 0.29) is 28.2 Å². The zero-order chi connectivity index (χ0) is 20.0. The molecule has 3 aliphatic rings. The fourth-order valence-electron chi connectivity index (χ4n) is 3.29. The maximum atomic E-state index is 12.7. The lowest BCUT2D eigenvalue weighted by Crippen LogP contribution is -2.71. The number of rotatable bonds is 6. The van der Waals surface area contributed by atoms with Crippen LogP contribution in [-0.2, 0) is 19.2 Å². The zero-order valence-corrected chi connectivity index (χ0v) is 16.4. The van der Waals surface area contributed by atoms with Crippen LogP contribution in [0.1, 0.15) is 18.5 Å². The lowest BCUT2D eigenvalue weighted by Gasteiger charge is -2.49. The van der Waals surface area contributed by atoms with Crippen molar-refractivity contribution >= 4 is 51.7 Å². The van der Waals surface area contributed by atoms with E-state index in [4.69, 9.17) is 10.6 Å². The van der Waals surface area contributed by atoms with Crippen molar-refractivity contribution in [3.05, 3.63) is 22.3 Å². The summed E-state index contributed by atoms with van der Waals surface area (Å²) in [5, 5.41) is 17.3. The molecular weight excluding hydrogens is 406 g/mol. The van der Waals surface area contributed by atoms with Crippen molar-refractivity contribution in [2.45, 2.75) is 24.3 Å². The summed E-state index contributed by atoms with van der Waals surface area (Å²) in [6.45, 7) is 0. The first-order chi connectivity index (χ1) is 13.4. The maximum absolute atomic E-state index is 12.7. The van der Waals surface area contributed by atoms with E-state index < -0.39 is 29.2 Å². The Hall–Kier alpha value is -2.60. The number of carbonyl (C=O) groups excluding carboxylic acids is 2. The number of carboxylic acids is 1. The minimum Gasteiger partial charge on any atom is -0.477 e. The normalized spacial score (nSPS) is 24.5. The van der Waals surface area contributed by atoms with Gasteiger partial charge >= 0.3 is 5.97 Å². The average Bonchev–Trinajstić information content (AvgIpc) is 3.43. The largest absolute Gasteiger partial charge is 0.477 e. The minimum absolute atomic E-state index is 0.0693. The fraction of sp³-hybridized carbons (Fsp3) is 0.438. The molecule has 1 saturated carbocycles. The van der Waals surface area contributed by atoms with Gasteiger partial charge in [-0.05, 0) is 24.3 Å². The Balaban J connectivity index is 1.53. The number of aliphatic carboxylic acids is 1. The average molecular weight is 423 g/mol. The number of nitrogens with two attached hydrogens (primary N) is 1. The number of amides is 2. The molecule has 1 aliphatic carbocycles. The number of carbonyl (C=O) groups is 3. The first-order valence-corrected chi connectivity index (χ1v) is 10.4. The number of anilines is 1. The van der Waals surface area contributed by atoms with Crippen molar-refractivity contribution in [3.8, 4) is 0 Å². The van der Waals surface area contributed by atoms with Crippen molar-refractivity contribution in [1.29, 1.82) is 0 Å². The lowest BCUT2D eigenvalue weighted by atomic mass is 10.0. The molecule has 0 radical (unpaired) electrons. The number of fused-ring (bicyclic) bond motifs is 1. The Kier molecular flexibility index (Phi) is 4.75. The number of β-lactam (4-membered cyclic amide) rings is 1. The van der Waals surface area contributed by atoms with E-state index in [1.807, 2.05) is 0 Å². The van der Waals surface area contributed by atoms with Gasteiger partial charge in [0, 0.05) is 11.1 Å². The molecule has 0 unspecified atom stereocenters. The molecule has 1 saturated heterocycles. The smallest absolute Gasteiger partial charge is 0.352 e. The molecule has 0 bridgehead atoms. The van der Waals surface area contributed by atoms with E-state index in [0.29, 0.717) is 5.75 Å². The monoisotopic (exact) mass is 423 g/mol. The summed E-state index contributed by atoms with van der Waals surface area (Å²) in [6.07, 6.45) is 1.90. The van der Waals surface area contributed by atoms with E-state index in [1.165, 1.54) is 23.8 Å². The van der Waals surface area contributed by atoms with E-state index >= 15 is 0 Å². The molecule has 2 atom stereocenters. The molecule has 2 fully saturated rings. The third-order valence-corrected chi connectivity index (χ3v) is 6.70. The molecular formula is C16H17N5O5S2. The number of hydrogen-bond donors (Lipinski definition) is 3. The van der Waals surface area contributed by atoms with Crippen LogP contribution in [0.25, 0.3) is 0 Å². The first-order valence-electron chi connectivity index (χ1n) is 8.46. The predicted molar refractivity (Wildman–Crippen MR) is 102 cm³/mol. The van der Waals surface area contributed by atoms with E-state index in [0.717, 1.165) is 29.8 Å². The van der Waals surface area contributed by atoms with Crippen LogP contribution < -0.4 is 11.1 Å². The molecule has 4 rings (SSSR count). The number of thiazole rings is 1. The minimum atomic E-state index is -1.11. The second kappa shape index (κ2) is 7.09. The Bertz CT molecular complexity index is 922. The molecule has 3 heterocycles. The second-order valence-electron chi connectivity index (χ2n) is 6.51. The summed E-state index contributed by atoms with van der Waals surface area (Å²) >= 11 is 2.60. The maximum Gasteiger partial charge on any atom is 0.352 e. The molecule has 0 spiro atoms. The number of thioether (sulfide) groups is 1. The van der Waals surface area contributed by atoms with E-state index in [9.17, 15) is 19.5 Å². The standard InChI is InChI=1S/C16H17N5O5S2/c1-26-20-9(8-5-28-16(17)18-8)12(22)19-10-13(23)21-11(15(24)25)7(6-2-3-6)4-27-14(10)21/h5-6,10,14H,2-4H2,1H3,(H2,17,18)(H,19,22)(H,24,25)/b20-9-/t10-,14-/m1/s1. The van der Waals surface area contributed by atoms with Gasteiger partial charge in [0.1, 0.15) is 29.9 Å². The highest BCUT2D eigenvalue weighted by atomic mass is 32.2. The molecule has 12 heteroatoms. The number of aromatic nitrogens is 1. The highest BCUT2D eigenvalue weighted by molar-refractivity contribution is 8.00. The molecule has 0 aromatic carbocycles. The third-order valence-electron chi connectivity index (χ3n) is 4.72. The second-order valence-corrected chi connectivity index (χ2v) is 8.50. The molecule has 10 nitrogen and oxygen atoms in total. The summed E-state index contributed by atoms with van der Waals surface area (Å²) in [5.74, 6) is -1.41. The molecule has 1 aromatic heterocycles. The van der Waals surface area contributed by atoms with Crippen LogP contribution in [0.5, 0.6) is 0 Å². The highest BCUT2D eigenvalue weighted by Gasteiger charge is 2.55. The first kappa shape index (κ1) is 18.7. The third kappa shape index (κ3) is 3.11. The van der Waals surface area contributed by atoms with Crippen LogP contribution in [-0.4, -0.2) is 62.8 Å². The van der Waals surface area contributed by atoms with Crippen LogP contribution in [0.4, 0.5) is 5.13 Å². The molecule has 148 valence electrons. The molecule has 2 aliphatic heterocycles. The van der Waals surface area contributed by atoms with Gasteiger partial charge < -0.3 is 21.0 Å². The molecule has 1 aromatic rings. The number of oxime groups is 1. The topological polar surface area (TPSA) is 147 Å². The summed E-state index contributed by atoms with van der Waals surface area (Å²) in [6, 6.07) is -0.842. The summed E-state index contributed by atoms with van der Waals surface area (Å²) < 4.78 is 0. The van der Waals surface area contributed by atoms with Crippen LogP contribution in [0.15, 0.2) is 21.8 Å². The van der Waals surface area contributed by atoms with Crippen LogP contribution >= 0.6 is 23.1 Å². The number of carboxylic acid groups (broad SMARTS) is 1. The van der Waals surface area contributed by atoms with Crippen LogP contribution in [0.3, 0.4) is 0 Å². The van der Waals surface area contributed by atoms with Crippen LogP contribution in [0, 0.1) is 5.92 Å². The highest BCUT2D eigenvalue weighted by Crippen LogP contribution is 2.47. The number of nitrogens with zero attached hydrogens (tertiary/aromatic N) is 3. The van der Waals surface area contributed by atoms with Gasteiger partial charge in [0.25, 0.3) is 11.8 Å². The molecule has 4 N–H and O–H groups in total. The SMILES string of the molecule is CO/N=C(\C(=O)N[C@@H]1C(=O)N2C(C(=O)O)=C(C3CC3)CS[C@H]12)c1csc(N)n1. The van der Waals surface area contributed by atoms with Gasteiger partial charge in [-0.15, -0.1) is 23.1 Å². The van der Waals surface area contributed by atoms with Crippen molar-refractivity contribution < 1.29 is 24.3 Å². The summed E-state index contributed by atoms with van der Waals surface area (Å²) in [5.41, 5.74) is 6.62. The quantitative estimate of drug-likeness (QED) is 0.334. The fourth-order valence-corrected chi connectivity index (χ4v) is 5.29.